The second kappa shape index (κ2) is 7.50. The number of nitrogens with zero attached hydrogens (tertiary/aromatic N) is 3. The van der Waals surface area contributed by atoms with Crippen LogP contribution in [0.3, 0.4) is 0 Å². The number of fused-ring (bicyclic) bond motifs is 1. The highest BCUT2D eigenvalue weighted by Gasteiger charge is 2.39. The standard InChI is InChI=1S/C23H22F2N4O/c1-23(2)22-27-21(16-5-9-18(25)10-6-16)19(13-15-3-7-17(24)8-4-15)28(22)11-12-29(23)20(30)14-26/h3-12H,13-14,26H2,1-2H3. The zero-order chi connectivity index (χ0) is 21.5. The van der Waals surface area contributed by atoms with Gasteiger partial charge in [0.25, 0.3) is 0 Å². The van der Waals surface area contributed by atoms with Crippen molar-refractivity contribution < 1.29 is 13.6 Å². The molecule has 2 N–H and O–H groups in total. The number of halogens is 2. The molecule has 154 valence electrons. The zero-order valence-corrected chi connectivity index (χ0v) is 16.8. The maximum atomic E-state index is 13.5. The van der Waals surface area contributed by atoms with Crippen LogP contribution in [0.15, 0.2) is 54.7 Å². The van der Waals surface area contributed by atoms with E-state index in [9.17, 15) is 13.6 Å². The molecule has 1 amide bonds. The number of carbonyl (C=O) groups is 1. The van der Waals surface area contributed by atoms with Crippen LogP contribution in [-0.2, 0) is 16.8 Å². The van der Waals surface area contributed by atoms with Crippen molar-refractivity contribution in [2.75, 3.05) is 6.54 Å². The molecule has 0 radical (unpaired) electrons. The number of benzene rings is 2. The molecular weight excluding hydrogens is 386 g/mol. The van der Waals surface area contributed by atoms with Crippen LogP contribution < -0.4 is 5.73 Å². The van der Waals surface area contributed by atoms with Crippen LogP contribution in [0.5, 0.6) is 0 Å². The Balaban J connectivity index is 1.87. The number of carbonyl (C=O) groups excluding carboxylic acids is 1. The molecular formula is C23H22F2N4O. The van der Waals surface area contributed by atoms with Gasteiger partial charge in [0.05, 0.1) is 17.9 Å². The molecule has 0 bridgehead atoms. The van der Waals surface area contributed by atoms with Gasteiger partial charge in [-0.25, -0.2) is 13.8 Å². The van der Waals surface area contributed by atoms with E-state index in [2.05, 4.69) is 0 Å². The Bertz CT molecular complexity index is 1120. The summed E-state index contributed by atoms with van der Waals surface area (Å²) in [4.78, 5) is 18.8. The van der Waals surface area contributed by atoms with Crippen LogP contribution >= 0.6 is 0 Å². The summed E-state index contributed by atoms with van der Waals surface area (Å²) in [5.74, 6) is -0.176. The molecule has 5 nitrogen and oxygen atoms in total. The van der Waals surface area contributed by atoms with E-state index in [4.69, 9.17) is 10.7 Å². The summed E-state index contributed by atoms with van der Waals surface area (Å²) in [6.45, 7) is 3.69. The lowest BCUT2D eigenvalue weighted by Gasteiger charge is -2.38. The third-order valence-electron chi connectivity index (χ3n) is 5.37. The molecule has 0 spiro atoms. The Morgan fingerprint density at radius 1 is 1.00 bits per heavy atom. The third kappa shape index (κ3) is 3.41. The first kappa shape index (κ1) is 20.0. The van der Waals surface area contributed by atoms with Crippen LogP contribution in [0, 0.1) is 11.6 Å². The van der Waals surface area contributed by atoms with Crippen LogP contribution in [0.1, 0.15) is 30.9 Å². The zero-order valence-electron chi connectivity index (χ0n) is 16.8. The summed E-state index contributed by atoms with van der Waals surface area (Å²) in [6, 6.07) is 12.4. The largest absolute Gasteiger partial charge is 0.322 e. The van der Waals surface area contributed by atoms with Crippen molar-refractivity contribution in [1.82, 2.24) is 14.5 Å². The molecule has 0 saturated heterocycles. The highest BCUT2D eigenvalue weighted by Crippen LogP contribution is 2.37. The van der Waals surface area contributed by atoms with E-state index in [0.717, 1.165) is 16.8 Å². The van der Waals surface area contributed by atoms with Crippen LogP contribution in [0.25, 0.3) is 17.5 Å². The monoisotopic (exact) mass is 408 g/mol. The first-order chi connectivity index (χ1) is 14.3. The number of rotatable bonds is 4. The number of hydrogen-bond acceptors (Lipinski definition) is 3. The fraction of sp³-hybridized carbons (Fsp3) is 0.217. The summed E-state index contributed by atoms with van der Waals surface area (Å²) < 4.78 is 28.8. The van der Waals surface area contributed by atoms with Crippen LogP contribution in [0.2, 0.25) is 0 Å². The lowest BCUT2D eigenvalue weighted by molar-refractivity contribution is -0.132. The van der Waals surface area contributed by atoms with Gasteiger partial charge in [-0.1, -0.05) is 12.1 Å². The summed E-state index contributed by atoms with van der Waals surface area (Å²) in [5.41, 5.74) is 8.07. The predicted molar refractivity (Wildman–Crippen MR) is 111 cm³/mol. The molecule has 0 atom stereocenters. The quantitative estimate of drug-likeness (QED) is 0.713. The fourth-order valence-corrected chi connectivity index (χ4v) is 3.78. The van der Waals surface area contributed by atoms with Gasteiger partial charge in [-0.3, -0.25) is 4.79 Å². The molecule has 0 aliphatic carbocycles. The average molecular weight is 408 g/mol. The minimum atomic E-state index is -0.735. The van der Waals surface area contributed by atoms with Crippen LogP contribution in [0.4, 0.5) is 8.78 Å². The van der Waals surface area contributed by atoms with Crippen molar-refractivity contribution in [2.45, 2.75) is 25.8 Å². The second-order valence-corrected chi connectivity index (χ2v) is 7.74. The lowest BCUT2D eigenvalue weighted by Crippen LogP contribution is -2.47. The van der Waals surface area contributed by atoms with Gasteiger partial charge in [-0.05, 0) is 55.8 Å². The van der Waals surface area contributed by atoms with Crippen molar-refractivity contribution in [3.63, 3.8) is 0 Å². The third-order valence-corrected chi connectivity index (χ3v) is 5.37. The smallest absolute Gasteiger partial charge is 0.241 e. The van der Waals surface area contributed by atoms with Gasteiger partial charge in [0.1, 0.15) is 23.0 Å². The number of imidazole rings is 1. The molecule has 1 aromatic heterocycles. The average Bonchev–Trinajstić information content (AvgIpc) is 3.09. The Morgan fingerprint density at radius 2 is 1.60 bits per heavy atom. The Morgan fingerprint density at radius 3 is 2.20 bits per heavy atom. The van der Waals surface area contributed by atoms with Gasteiger partial charge in [-0.2, -0.15) is 0 Å². The van der Waals surface area contributed by atoms with Gasteiger partial charge in [-0.15, -0.1) is 0 Å². The lowest BCUT2D eigenvalue weighted by atomic mass is 10.00. The summed E-state index contributed by atoms with van der Waals surface area (Å²) in [7, 11) is 0. The van der Waals surface area contributed by atoms with Crippen molar-refractivity contribution in [1.29, 1.82) is 0 Å². The second-order valence-electron chi connectivity index (χ2n) is 7.74. The Labute approximate surface area is 173 Å². The van der Waals surface area contributed by atoms with E-state index in [-0.39, 0.29) is 24.1 Å². The first-order valence-electron chi connectivity index (χ1n) is 9.64. The Hall–Kier alpha value is -3.32. The molecule has 0 saturated carbocycles. The minimum absolute atomic E-state index is 0.109. The topological polar surface area (TPSA) is 64.2 Å². The van der Waals surface area contributed by atoms with E-state index >= 15 is 0 Å². The van der Waals surface area contributed by atoms with Gasteiger partial charge in [0.2, 0.25) is 5.91 Å². The molecule has 0 fully saturated rings. The molecule has 1 aliphatic rings. The molecule has 0 unspecified atom stereocenters. The molecule has 2 heterocycles. The summed E-state index contributed by atoms with van der Waals surface area (Å²) in [5, 5.41) is 0. The SMILES string of the molecule is CC1(C)c2nc(-c3ccc(F)cc3)c(Cc3ccc(F)cc3)n2C=CN1C(=O)CN. The molecule has 3 aromatic rings. The minimum Gasteiger partial charge on any atom is -0.322 e. The first-order valence-corrected chi connectivity index (χ1v) is 9.64. The Kier molecular flexibility index (Phi) is 4.99. The van der Waals surface area contributed by atoms with Crippen molar-refractivity contribution >= 4 is 12.1 Å². The van der Waals surface area contributed by atoms with Gasteiger partial charge in [0.15, 0.2) is 0 Å². The van der Waals surface area contributed by atoms with Gasteiger partial charge < -0.3 is 15.2 Å². The van der Waals surface area contributed by atoms with Crippen molar-refractivity contribution in [3.05, 3.63) is 83.4 Å². The van der Waals surface area contributed by atoms with E-state index in [1.165, 1.54) is 24.3 Å². The summed E-state index contributed by atoms with van der Waals surface area (Å²) >= 11 is 0. The molecule has 7 heteroatoms. The molecule has 4 rings (SSSR count). The molecule has 2 aromatic carbocycles. The number of nitrogens with two attached hydrogens (primary N) is 1. The van der Waals surface area contributed by atoms with Crippen molar-refractivity contribution in [3.8, 4) is 11.3 Å². The van der Waals surface area contributed by atoms with Crippen LogP contribution in [-0.4, -0.2) is 26.9 Å². The highest BCUT2D eigenvalue weighted by molar-refractivity contribution is 5.81. The summed E-state index contributed by atoms with van der Waals surface area (Å²) in [6.07, 6.45) is 3.98. The maximum absolute atomic E-state index is 13.5. The van der Waals surface area contributed by atoms with E-state index < -0.39 is 5.54 Å². The number of amides is 1. The predicted octanol–water partition coefficient (Wildman–Crippen LogP) is 3.88. The number of aromatic nitrogens is 2. The maximum Gasteiger partial charge on any atom is 0.241 e. The molecule has 1 aliphatic heterocycles. The van der Waals surface area contributed by atoms with Crippen molar-refractivity contribution in [2.24, 2.45) is 5.73 Å². The van der Waals surface area contributed by atoms with E-state index in [0.29, 0.717) is 17.9 Å². The van der Waals surface area contributed by atoms with Gasteiger partial charge in [0, 0.05) is 24.4 Å². The fourth-order valence-electron chi connectivity index (χ4n) is 3.78. The van der Waals surface area contributed by atoms with E-state index in [1.807, 2.05) is 18.4 Å². The van der Waals surface area contributed by atoms with E-state index in [1.54, 1.807) is 41.6 Å². The van der Waals surface area contributed by atoms with Gasteiger partial charge >= 0.3 is 0 Å². The molecule has 30 heavy (non-hydrogen) atoms. The normalized spacial score (nSPS) is 14.6. The highest BCUT2D eigenvalue weighted by atomic mass is 19.1. The number of hydrogen-bond donors (Lipinski definition) is 1.